The van der Waals surface area contributed by atoms with Crippen molar-refractivity contribution >= 4 is 11.3 Å². The number of halogens is 3. The van der Waals surface area contributed by atoms with Gasteiger partial charge in [0.15, 0.2) is 6.61 Å². The predicted molar refractivity (Wildman–Crippen MR) is 78.2 cm³/mol. The first-order valence-corrected chi connectivity index (χ1v) is 7.53. The smallest absolute Gasteiger partial charge is 0.422 e. The van der Waals surface area contributed by atoms with Crippen molar-refractivity contribution in [1.29, 1.82) is 0 Å². The van der Waals surface area contributed by atoms with E-state index >= 15 is 0 Å². The molecular formula is C14H11F3N4OS. The minimum Gasteiger partial charge on any atom is -0.484 e. The van der Waals surface area contributed by atoms with Crippen LogP contribution >= 0.6 is 11.3 Å². The maximum atomic E-state index is 12.3. The van der Waals surface area contributed by atoms with Gasteiger partial charge in [0.05, 0.1) is 6.54 Å². The Hall–Kier alpha value is -2.42. The van der Waals surface area contributed by atoms with Crippen LogP contribution in [0.3, 0.4) is 0 Å². The van der Waals surface area contributed by atoms with Crippen LogP contribution in [0.5, 0.6) is 5.75 Å². The highest BCUT2D eigenvalue weighted by atomic mass is 32.1. The molecule has 0 fully saturated rings. The molecule has 0 amide bonds. The topological polar surface area (TPSA) is 52.8 Å². The van der Waals surface area contributed by atoms with Gasteiger partial charge in [-0.1, -0.05) is 18.2 Å². The molecule has 3 aromatic rings. The first kappa shape index (κ1) is 15.5. The normalized spacial score (nSPS) is 11.6. The van der Waals surface area contributed by atoms with Gasteiger partial charge in [-0.2, -0.15) is 29.3 Å². The van der Waals surface area contributed by atoms with Crippen LogP contribution < -0.4 is 4.74 Å². The molecule has 0 saturated heterocycles. The third-order valence-corrected chi connectivity index (χ3v) is 3.59. The fourth-order valence-electron chi connectivity index (χ4n) is 1.90. The van der Waals surface area contributed by atoms with Gasteiger partial charge < -0.3 is 4.74 Å². The van der Waals surface area contributed by atoms with Gasteiger partial charge in [0, 0.05) is 16.5 Å². The van der Waals surface area contributed by atoms with Gasteiger partial charge in [0.25, 0.3) is 0 Å². The lowest BCUT2D eigenvalue weighted by Crippen LogP contribution is -2.20. The molecule has 120 valence electrons. The van der Waals surface area contributed by atoms with Crippen LogP contribution in [-0.2, 0) is 6.54 Å². The van der Waals surface area contributed by atoms with Gasteiger partial charge in [-0.25, -0.2) is 0 Å². The van der Waals surface area contributed by atoms with E-state index in [4.69, 9.17) is 4.74 Å². The highest BCUT2D eigenvalue weighted by Crippen LogP contribution is 2.23. The number of alkyl halides is 3. The average Bonchev–Trinajstić information content (AvgIpc) is 3.16. The average molecular weight is 340 g/mol. The monoisotopic (exact) mass is 340 g/mol. The molecule has 0 aliphatic carbocycles. The number of rotatable bonds is 5. The summed E-state index contributed by atoms with van der Waals surface area (Å²) in [5, 5.41) is 15.9. The van der Waals surface area contributed by atoms with E-state index in [-0.39, 0.29) is 12.3 Å². The summed E-state index contributed by atoms with van der Waals surface area (Å²) < 4.78 is 41.7. The fraction of sp³-hybridized carbons (Fsp3) is 0.214. The van der Waals surface area contributed by atoms with Crippen molar-refractivity contribution in [3.63, 3.8) is 0 Å². The molecule has 9 heteroatoms. The van der Waals surface area contributed by atoms with Crippen LogP contribution in [0.1, 0.15) is 5.56 Å². The SMILES string of the molecule is FC(F)(F)COc1ccccc1Cn1nnc(-c2ccsc2)n1. The Morgan fingerprint density at radius 2 is 2.00 bits per heavy atom. The number of hydrogen-bond donors (Lipinski definition) is 0. The van der Waals surface area contributed by atoms with Crippen molar-refractivity contribution in [3.8, 4) is 17.1 Å². The van der Waals surface area contributed by atoms with E-state index in [1.54, 1.807) is 18.2 Å². The second-order valence-electron chi connectivity index (χ2n) is 4.67. The van der Waals surface area contributed by atoms with E-state index < -0.39 is 12.8 Å². The van der Waals surface area contributed by atoms with Crippen LogP contribution in [0.15, 0.2) is 41.1 Å². The fourth-order valence-corrected chi connectivity index (χ4v) is 2.54. The molecule has 2 aromatic heterocycles. The third-order valence-electron chi connectivity index (χ3n) is 2.91. The molecule has 0 atom stereocenters. The van der Waals surface area contributed by atoms with Gasteiger partial charge in [-0.05, 0) is 22.7 Å². The number of para-hydroxylation sites is 1. The first-order valence-electron chi connectivity index (χ1n) is 6.59. The molecule has 0 N–H and O–H groups in total. The maximum Gasteiger partial charge on any atom is 0.422 e. The summed E-state index contributed by atoms with van der Waals surface area (Å²) in [5.41, 5.74) is 1.40. The zero-order chi connectivity index (χ0) is 16.3. The molecule has 0 bridgehead atoms. The zero-order valence-corrected chi connectivity index (χ0v) is 12.5. The lowest BCUT2D eigenvalue weighted by molar-refractivity contribution is -0.153. The predicted octanol–water partition coefficient (Wildman–Crippen LogP) is 3.39. The summed E-state index contributed by atoms with van der Waals surface area (Å²) >= 11 is 1.52. The van der Waals surface area contributed by atoms with Crippen molar-refractivity contribution < 1.29 is 17.9 Å². The Kier molecular flexibility index (Phi) is 4.28. The minimum absolute atomic E-state index is 0.152. The number of thiophene rings is 1. The highest BCUT2D eigenvalue weighted by Gasteiger charge is 2.28. The number of hydrogen-bond acceptors (Lipinski definition) is 5. The van der Waals surface area contributed by atoms with E-state index in [0.717, 1.165) is 5.56 Å². The largest absolute Gasteiger partial charge is 0.484 e. The van der Waals surface area contributed by atoms with Gasteiger partial charge in [-0.3, -0.25) is 0 Å². The van der Waals surface area contributed by atoms with Crippen molar-refractivity contribution in [1.82, 2.24) is 20.2 Å². The van der Waals surface area contributed by atoms with E-state index in [9.17, 15) is 13.2 Å². The Morgan fingerprint density at radius 1 is 1.17 bits per heavy atom. The van der Waals surface area contributed by atoms with E-state index in [2.05, 4.69) is 15.4 Å². The quantitative estimate of drug-likeness (QED) is 0.714. The van der Waals surface area contributed by atoms with E-state index in [1.807, 2.05) is 16.8 Å². The lowest BCUT2D eigenvalue weighted by Gasteiger charge is -2.12. The molecule has 0 aliphatic rings. The van der Waals surface area contributed by atoms with Crippen molar-refractivity contribution in [2.75, 3.05) is 6.61 Å². The van der Waals surface area contributed by atoms with Gasteiger partial charge in [0.2, 0.25) is 5.82 Å². The Morgan fingerprint density at radius 3 is 2.74 bits per heavy atom. The third kappa shape index (κ3) is 4.07. The summed E-state index contributed by atoms with van der Waals surface area (Å²) in [4.78, 5) is 1.32. The molecule has 0 radical (unpaired) electrons. The number of aromatic nitrogens is 4. The van der Waals surface area contributed by atoms with Crippen LogP contribution in [0, 0.1) is 0 Å². The number of tetrazole rings is 1. The van der Waals surface area contributed by atoms with Crippen LogP contribution in [-0.4, -0.2) is 33.0 Å². The Bertz CT molecular complexity index is 770. The molecule has 1 aromatic carbocycles. The molecule has 23 heavy (non-hydrogen) atoms. The molecule has 3 rings (SSSR count). The molecule has 5 nitrogen and oxygen atoms in total. The molecular weight excluding hydrogens is 329 g/mol. The second-order valence-corrected chi connectivity index (χ2v) is 5.45. The summed E-state index contributed by atoms with van der Waals surface area (Å²) in [6, 6.07) is 8.34. The van der Waals surface area contributed by atoms with Crippen LogP contribution in [0.4, 0.5) is 13.2 Å². The van der Waals surface area contributed by atoms with Crippen molar-refractivity contribution in [2.24, 2.45) is 0 Å². The lowest BCUT2D eigenvalue weighted by atomic mass is 10.2. The highest BCUT2D eigenvalue weighted by molar-refractivity contribution is 7.08. The maximum absolute atomic E-state index is 12.3. The number of benzene rings is 1. The molecule has 0 unspecified atom stereocenters. The van der Waals surface area contributed by atoms with Crippen LogP contribution in [0.25, 0.3) is 11.4 Å². The summed E-state index contributed by atoms with van der Waals surface area (Å²) in [5.74, 6) is 0.624. The minimum atomic E-state index is -4.38. The van der Waals surface area contributed by atoms with Gasteiger partial charge >= 0.3 is 6.18 Å². The number of nitrogens with zero attached hydrogens (tertiary/aromatic N) is 4. The van der Waals surface area contributed by atoms with Crippen molar-refractivity contribution in [2.45, 2.75) is 12.7 Å². The zero-order valence-electron chi connectivity index (χ0n) is 11.7. The van der Waals surface area contributed by atoms with E-state index in [1.165, 1.54) is 22.2 Å². The van der Waals surface area contributed by atoms with Gasteiger partial charge in [-0.15, -0.1) is 10.2 Å². The number of ether oxygens (including phenoxy) is 1. The Balaban J connectivity index is 1.75. The molecule has 0 spiro atoms. The summed E-state index contributed by atoms with van der Waals surface area (Å²) in [6.45, 7) is -1.17. The van der Waals surface area contributed by atoms with Crippen molar-refractivity contribution in [3.05, 3.63) is 46.7 Å². The summed E-state index contributed by atoms with van der Waals surface area (Å²) in [7, 11) is 0. The standard InChI is InChI=1S/C14H11F3N4OS/c15-14(16,17)9-22-12-4-2-1-3-10(12)7-21-19-13(18-20-21)11-5-6-23-8-11/h1-6,8H,7,9H2. The molecule has 0 aliphatic heterocycles. The van der Waals surface area contributed by atoms with E-state index in [0.29, 0.717) is 11.4 Å². The van der Waals surface area contributed by atoms with Gasteiger partial charge in [0.1, 0.15) is 5.75 Å². The molecule has 2 heterocycles. The summed E-state index contributed by atoms with van der Waals surface area (Å²) in [6.07, 6.45) is -4.38. The first-order chi connectivity index (χ1) is 11.0. The Labute approximate surface area is 133 Å². The molecule has 0 saturated carbocycles. The van der Waals surface area contributed by atoms with Crippen LogP contribution in [0.2, 0.25) is 0 Å². The second kappa shape index (κ2) is 6.37.